The van der Waals surface area contributed by atoms with Crippen molar-refractivity contribution >= 4 is 15.8 Å². The first kappa shape index (κ1) is 11.8. The van der Waals surface area contributed by atoms with Crippen molar-refractivity contribution in [1.82, 2.24) is 0 Å². The highest BCUT2D eigenvalue weighted by Crippen LogP contribution is 2.24. The summed E-state index contributed by atoms with van der Waals surface area (Å²) in [4.78, 5) is -0.295. The third kappa shape index (κ3) is 3.08. The monoisotopic (exact) mass is 233 g/mol. The SMILES string of the molecule is Nc1cc(S(=O)(=O)O)ccc1OCCO. The molecule has 0 aromatic heterocycles. The van der Waals surface area contributed by atoms with Crippen molar-refractivity contribution in [1.29, 1.82) is 0 Å². The van der Waals surface area contributed by atoms with Crippen LogP contribution in [0.5, 0.6) is 5.75 Å². The molecule has 0 heterocycles. The van der Waals surface area contributed by atoms with Crippen LogP contribution in [-0.4, -0.2) is 31.3 Å². The molecule has 0 aliphatic carbocycles. The number of aliphatic hydroxyl groups is 1. The highest BCUT2D eigenvalue weighted by Gasteiger charge is 2.11. The maximum absolute atomic E-state index is 10.7. The van der Waals surface area contributed by atoms with E-state index in [1.807, 2.05) is 0 Å². The predicted octanol–water partition coefficient (Wildman–Crippen LogP) is -0.113. The Bertz CT molecular complexity index is 442. The molecule has 0 aliphatic rings. The second-order valence-electron chi connectivity index (χ2n) is 2.75. The lowest BCUT2D eigenvalue weighted by Crippen LogP contribution is -2.05. The number of aliphatic hydroxyl groups excluding tert-OH is 1. The van der Waals surface area contributed by atoms with Gasteiger partial charge in [-0.3, -0.25) is 4.55 Å². The number of nitrogens with two attached hydrogens (primary N) is 1. The smallest absolute Gasteiger partial charge is 0.294 e. The Balaban J connectivity index is 2.99. The Morgan fingerprint density at radius 2 is 2.07 bits per heavy atom. The van der Waals surface area contributed by atoms with Crippen LogP contribution in [0.2, 0.25) is 0 Å². The Hall–Kier alpha value is -1.31. The molecule has 0 aliphatic heterocycles. The molecule has 15 heavy (non-hydrogen) atoms. The Morgan fingerprint density at radius 1 is 1.40 bits per heavy atom. The number of nitrogen functional groups attached to an aromatic ring is 1. The Labute approximate surface area is 87.0 Å². The molecule has 1 rings (SSSR count). The van der Waals surface area contributed by atoms with E-state index in [-0.39, 0.29) is 29.5 Å². The number of hydrogen-bond donors (Lipinski definition) is 3. The van der Waals surface area contributed by atoms with Crippen molar-refractivity contribution in [2.75, 3.05) is 18.9 Å². The maximum atomic E-state index is 10.7. The minimum absolute atomic E-state index is 0.0649. The molecule has 0 radical (unpaired) electrons. The van der Waals surface area contributed by atoms with Gasteiger partial charge in [0.05, 0.1) is 17.2 Å². The second-order valence-corrected chi connectivity index (χ2v) is 4.17. The lowest BCUT2D eigenvalue weighted by atomic mass is 10.3. The van der Waals surface area contributed by atoms with E-state index < -0.39 is 10.1 Å². The molecule has 0 bridgehead atoms. The molecule has 0 spiro atoms. The fourth-order valence-corrected chi connectivity index (χ4v) is 1.49. The van der Waals surface area contributed by atoms with E-state index in [9.17, 15) is 8.42 Å². The van der Waals surface area contributed by atoms with E-state index in [4.69, 9.17) is 20.1 Å². The molecule has 6 nitrogen and oxygen atoms in total. The first-order valence-electron chi connectivity index (χ1n) is 4.06. The molecule has 1 aromatic carbocycles. The number of anilines is 1. The van der Waals surface area contributed by atoms with E-state index in [2.05, 4.69) is 0 Å². The van der Waals surface area contributed by atoms with Gasteiger partial charge < -0.3 is 15.6 Å². The van der Waals surface area contributed by atoms with Gasteiger partial charge in [-0.25, -0.2) is 0 Å². The van der Waals surface area contributed by atoms with Crippen LogP contribution in [-0.2, 0) is 10.1 Å². The molecule has 0 atom stereocenters. The zero-order chi connectivity index (χ0) is 11.5. The van der Waals surface area contributed by atoms with Crippen LogP contribution < -0.4 is 10.5 Å². The Morgan fingerprint density at radius 3 is 2.53 bits per heavy atom. The summed E-state index contributed by atoms with van der Waals surface area (Å²) in [5, 5.41) is 8.50. The zero-order valence-corrected chi connectivity index (χ0v) is 8.57. The van der Waals surface area contributed by atoms with Gasteiger partial charge >= 0.3 is 0 Å². The van der Waals surface area contributed by atoms with Crippen molar-refractivity contribution in [3.05, 3.63) is 18.2 Å². The van der Waals surface area contributed by atoms with Gasteiger partial charge in [0.15, 0.2) is 0 Å². The van der Waals surface area contributed by atoms with E-state index in [1.165, 1.54) is 12.1 Å². The lowest BCUT2D eigenvalue weighted by molar-refractivity contribution is 0.202. The van der Waals surface area contributed by atoms with Gasteiger partial charge in [0, 0.05) is 0 Å². The van der Waals surface area contributed by atoms with E-state index >= 15 is 0 Å². The van der Waals surface area contributed by atoms with Crippen molar-refractivity contribution in [2.45, 2.75) is 4.90 Å². The van der Waals surface area contributed by atoms with Gasteiger partial charge in [-0.2, -0.15) is 8.42 Å². The normalized spacial score (nSPS) is 11.3. The number of ether oxygens (including phenoxy) is 1. The molecule has 4 N–H and O–H groups in total. The van der Waals surface area contributed by atoms with Gasteiger partial charge in [-0.05, 0) is 18.2 Å². The standard InChI is InChI=1S/C8H11NO5S/c9-7-5-6(15(11,12)13)1-2-8(7)14-4-3-10/h1-2,5,10H,3-4,9H2,(H,11,12,13). The second kappa shape index (κ2) is 4.47. The summed E-state index contributed by atoms with van der Waals surface area (Å²) < 4.78 is 35.2. The van der Waals surface area contributed by atoms with Gasteiger partial charge in [-0.1, -0.05) is 0 Å². The van der Waals surface area contributed by atoms with Crippen LogP contribution in [0.25, 0.3) is 0 Å². The maximum Gasteiger partial charge on any atom is 0.294 e. The third-order valence-electron chi connectivity index (χ3n) is 1.63. The number of rotatable bonds is 4. The molecule has 0 fully saturated rings. The van der Waals surface area contributed by atoms with Gasteiger partial charge in [-0.15, -0.1) is 0 Å². The van der Waals surface area contributed by atoms with Crippen LogP contribution in [0.4, 0.5) is 5.69 Å². The third-order valence-corrected chi connectivity index (χ3v) is 2.48. The quantitative estimate of drug-likeness (QED) is 0.494. The largest absolute Gasteiger partial charge is 0.489 e. The average molecular weight is 233 g/mol. The minimum Gasteiger partial charge on any atom is -0.489 e. The lowest BCUT2D eigenvalue weighted by Gasteiger charge is -2.07. The van der Waals surface area contributed by atoms with Gasteiger partial charge in [0.1, 0.15) is 12.4 Å². The summed E-state index contributed by atoms with van der Waals surface area (Å²) >= 11 is 0. The van der Waals surface area contributed by atoms with Crippen LogP contribution in [0.3, 0.4) is 0 Å². The molecule has 7 heteroatoms. The summed E-state index contributed by atoms with van der Waals surface area (Å²) in [7, 11) is -4.25. The molecule has 0 saturated carbocycles. The highest BCUT2D eigenvalue weighted by atomic mass is 32.2. The molecule has 1 aromatic rings. The summed E-state index contributed by atoms with van der Waals surface area (Å²) in [6.45, 7) is -0.102. The first-order valence-corrected chi connectivity index (χ1v) is 5.50. The molecule has 0 saturated heterocycles. The van der Waals surface area contributed by atoms with Crippen LogP contribution in [0.15, 0.2) is 23.1 Å². The summed E-state index contributed by atoms with van der Waals surface area (Å²) in [5.74, 6) is 0.261. The molecule has 0 unspecified atom stereocenters. The molecule has 0 amide bonds. The van der Waals surface area contributed by atoms with Gasteiger partial charge in [0.25, 0.3) is 10.1 Å². The average Bonchev–Trinajstić information content (AvgIpc) is 2.14. The first-order chi connectivity index (χ1) is 6.95. The van der Waals surface area contributed by atoms with Crippen molar-refractivity contribution in [2.24, 2.45) is 0 Å². The molecule has 84 valence electrons. The summed E-state index contributed by atoms with van der Waals surface area (Å²) in [6.07, 6.45) is 0. The van der Waals surface area contributed by atoms with Crippen LogP contribution >= 0.6 is 0 Å². The predicted molar refractivity (Wildman–Crippen MR) is 53.2 cm³/mol. The number of hydrogen-bond acceptors (Lipinski definition) is 5. The molecular formula is C8H11NO5S. The van der Waals surface area contributed by atoms with Crippen molar-refractivity contribution < 1.29 is 22.8 Å². The topological polar surface area (TPSA) is 110 Å². The van der Waals surface area contributed by atoms with E-state index in [0.29, 0.717) is 0 Å². The summed E-state index contributed by atoms with van der Waals surface area (Å²) in [5.41, 5.74) is 5.56. The molecular weight excluding hydrogens is 222 g/mol. The zero-order valence-electron chi connectivity index (χ0n) is 7.75. The Kier molecular flexibility index (Phi) is 3.51. The highest BCUT2D eigenvalue weighted by molar-refractivity contribution is 7.85. The fourth-order valence-electron chi connectivity index (χ4n) is 0.974. The van der Waals surface area contributed by atoms with E-state index in [1.54, 1.807) is 0 Å². The van der Waals surface area contributed by atoms with Gasteiger partial charge in [0.2, 0.25) is 0 Å². The number of benzene rings is 1. The van der Waals surface area contributed by atoms with Crippen LogP contribution in [0.1, 0.15) is 0 Å². The van der Waals surface area contributed by atoms with Crippen molar-refractivity contribution in [3.63, 3.8) is 0 Å². The summed E-state index contributed by atoms with van der Waals surface area (Å²) in [6, 6.07) is 3.56. The minimum atomic E-state index is -4.25. The van der Waals surface area contributed by atoms with E-state index in [0.717, 1.165) is 6.07 Å². The van der Waals surface area contributed by atoms with Crippen molar-refractivity contribution in [3.8, 4) is 5.75 Å². The fraction of sp³-hybridized carbons (Fsp3) is 0.250. The van der Waals surface area contributed by atoms with Crippen LogP contribution in [0, 0.1) is 0 Å².